The maximum absolute atomic E-state index is 12.4. The smallest absolute Gasteiger partial charge is 0.395 e. The number of pyridine rings is 1. The second-order valence-corrected chi connectivity index (χ2v) is 3.66. The molecule has 0 aliphatic heterocycles. The third-order valence-electron chi connectivity index (χ3n) is 2.14. The first-order valence-electron chi connectivity index (χ1n) is 5.09. The summed E-state index contributed by atoms with van der Waals surface area (Å²) in [6.07, 6.45) is -8.50. The van der Waals surface area contributed by atoms with Gasteiger partial charge in [0.05, 0.1) is 12.2 Å². The molecule has 1 heterocycles. The molecule has 3 nitrogen and oxygen atoms in total. The van der Waals surface area contributed by atoms with Gasteiger partial charge >= 0.3 is 12.4 Å². The molecule has 0 aliphatic carbocycles. The van der Waals surface area contributed by atoms with Crippen LogP contribution in [0.3, 0.4) is 0 Å². The van der Waals surface area contributed by atoms with Crippen LogP contribution in [0.5, 0.6) is 0 Å². The minimum atomic E-state index is -4.67. The maximum Gasteiger partial charge on any atom is 0.416 e. The summed E-state index contributed by atoms with van der Waals surface area (Å²) < 4.78 is 74.1. The van der Waals surface area contributed by atoms with Crippen LogP contribution in [-0.2, 0) is 6.18 Å². The summed E-state index contributed by atoms with van der Waals surface area (Å²) in [4.78, 5) is 4.01. The number of aromatic nitrogens is 1. The van der Waals surface area contributed by atoms with Crippen LogP contribution in [0.15, 0.2) is 18.3 Å². The van der Waals surface area contributed by atoms with E-state index >= 15 is 0 Å². The van der Waals surface area contributed by atoms with Crippen LogP contribution < -0.4 is 4.90 Å². The molecule has 1 rings (SSSR count). The van der Waals surface area contributed by atoms with E-state index < -0.39 is 43.4 Å². The first-order chi connectivity index (χ1) is 8.63. The summed E-state index contributed by atoms with van der Waals surface area (Å²) in [5, 5.41) is 8.66. The molecule has 19 heavy (non-hydrogen) atoms. The Labute approximate surface area is 104 Å². The van der Waals surface area contributed by atoms with E-state index in [0.717, 1.165) is 6.20 Å². The molecule has 1 N–H and O–H groups in total. The van der Waals surface area contributed by atoms with E-state index in [4.69, 9.17) is 5.11 Å². The van der Waals surface area contributed by atoms with Crippen molar-refractivity contribution in [3.63, 3.8) is 0 Å². The monoisotopic (exact) mass is 288 g/mol. The summed E-state index contributed by atoms with van der Waals surface area (Å²) in [5.41, 5.74) is -1.09. The van der Waals surface area contributed by atoms with Gasteiger partial charge in [-0.2, -0.15) is 26.3 Å². The molecule has 0 amide bonds. The molecule has 0 saturated heterocycles. The molecule has 9 heteroatoms. The van der Waals surface area contributed by atoms with Gasteiger partial charge in [-0.05, 0) is 12.1 Å². The number of alkyl halides is 6. The van der Waals surface area contributed by atoms with Crippen molar-refractivity contribution >= 4 is 5.82 Å². The molecule has 1 aromatic rings. The lowest BCUT2D eigenvalue weighted by Gasteiger charge is -2.24. The summed E-state index contributed by atoms with van der Waals surface area (Å²) in [6, 6.07) is 1.18. The zero-order valence-corrected chi connectivity index (χ0v) is 9.46. The summed E-state index contributed by atoms with van der Waals surface area (Å²) in [7, 11) is 0. The predicted molar refractivity (Wildman–Crippen MR) is 54.6 cm³/mol. The molecule has 0 radical (unpaired) electrons. The van der Waals surface area contributed by atoms with Crippen molar-refractivity contribution in [2.45, 2.75) is 12.4 Å². The number of hydrogen-bond donors (Lipinski definition) is 1. The van der Waals surface area contributed by atoms with Crippen LogP contribution in [0, 0.1) is 0 Å². The van der Waals surface area contributed by atoms with E-state index in [0.29, 0.717) is 17.0 Å². The van der Waals surface area contributed by atoms with E-state index in [1.807, 2.05) is 0 Å². The predicted octanol–water partition coefficient (Wildman–Crippen LogP) is 2.46. The van der Waals surface area contributed by atoms with Gasteiger partial charge in [0.2, 0.25) is 0 Å². The van der Waals surface area contributed by atoms with Gasteiger partial charge in [-0.1, -0.05) is 0 Å². The van der Waals surface area contributed by atoms with E-state index in [1.54, 1.807) is 0 Å². The molecular formula is C10H10F6N2O. The van der Waals surface area contributed by atoms with Crippen molar-refractivity contribution in [2.75, 3.05) is 24.6 Å². The fourth-order valence-electron chi connectivity index (χ4n) is 1.38. The van der Waals surface area contributed by atoms with Crippen molar-refractivity contribution in [3.05, 3.63) is 23.9 Å². The van der Waals surface area contributed by atoms with Crippen LogP contribution in [0.2, 0.25) is 0 Å². The highest BCUT2D eigenvalue weighted by Gasteiger charge is 2.34. The summed E-state index contributed by atoms with van der Waals surface area (Å²) in [6.45, 7) is -2.58. The van der Waals surface area contributed by atoms with Crippen LogP contribution in [0.4, 0.5) is 32.2 Å². The lowest BCUT2D eigenvalue weighted by molar-refractivity contribution is -0.137. The normalized spacial score (nSPS) is 12.6. The number of hydrogen-bond acceptors (Lipinski definition) is 3. The van der Waals surface area contributed by atoms with Gasteiger partial charge in [-0.3, -0.25) is 0 Å². The van der Waals surface area contributed by atoms with Crippen LogP contribution in [0.1, 0.15) is 5.56 Å². The Hall–Kier alpha value is -1.51. The third kappa shape index (κ3) is 4.93. The molecule has 0 aliphatic rings. The van der Waals surface area contributed by atoms with Gasteiger partial charge in [-0.15, -0.1) is 0 Å². The van der Waals surface area contributed by atoms with Crippen molar-refractivity contribution in [1.82, 2.24) is 4.98 Å². The highest BCUT2D eigenvalue weighted by molar-refractivity contribution is 5.42. The Balaban J connectivity index is 3.03. The average molecular weight is 288 g/mol. The van der Waals surface area contributed by atoms with Gasteiger partial charge < -0.3 is 10.0 Å². The quantitative estimate of drug-likeness (QED) is 0.865. The Morgan fingerprint density at radius 1 is 1.16 bits per heavy atom. The molecule has 0 fully saturated rings. The molecule has 0 aromatic carbocycles. The van der Waals surface area contributed by atoms with Gasteiger partial charge in [-0.25, -0.2) is 4.98 Å². The highest BCUT2D eigenvalue weighted by atomic mass is 19.4. The third-order valence-corrected chi connectivity index (χ3v) is 2.14. The van der Waals surface area contributed by atoms with Crippen molar-refractivity contribution in [3.8, 4) is 0 Å². The number of halogens is 6. The SMILES string of the molecule is OCCN(CC(F)(F)F)c1cc(C(F)(F)F)ccn1. The number of aliphatic hydroxyl groups excluding tert-OH is 1. The fourth-order valence-corrected chi connectivity index (χ4v) is 1.38. The van der Waals surface area contributed by atoms with Gasteiger partial charge in [0, 0.05) is 12.7 Å². The Bertz CT molecular complexity index is 417. The van der Waals surface area contributed by atoms with Crippen molar-refractivity contribution < 1.29 is 31.4 Å². The molecule has 0 bridgehead atoms. The topological polar surface area (TPSA) is 36.4 Å². The zero-order chi connectivity index (χ0) is 14.7. The first kappa shape index (κ1) is 15.5. The average Bonchev–Trinajstić information content (AvgIpc) is 2.26. The lowest BCUT2D eigenvalue weighted by Crippen LogP contribution is -2.37. The molecule has 0 unspecified atom stereocenters. The van der Waals surface area contributed by atoms with Crippen LogP contribution in [0.25, 0.3) is 0 Å². The van der Waals surface area contributed by atoms with E-state index in [9.17, 15) is 26.3 Å². The fraction of sp³-hybridized carbons (Fsp3) is 0.500. The molecule has 1 aromatic heterocycles. The standard InChI is InChI=1S/C10H10F6N2O/c11-9(12,13)6-18(3-4-19)8-5-7(1-2-17-8)10(14,15)16/h1-2,5,19H,3-4,6H2. The molecule has 0 spiro atoms. The Morgan fingerprint density at radius 2 is 1.79 bits per heavy atom. The molecule has 0 atom stereocenters. The number of aliphatic hydroxyl groups is 1. The maximum atomic E-state index is 12.4. The second-order valence-electron chi connectivity index (χ2n) is 3.66. The number of nitrogens with zero attached hydrogens (tertiary/aromatic N) is 2. The molecule has 108 valence electrons. The van der Waals surface area contributed by atoms with E-state index in [2.05, 4.69) is 4.98 Å². The second kappa shape index (κ2) is 5.64. The zero-order valence-electron chi connectivity index (χ0n) is 9.46. The van der Waals surface area contributed by atoms with Crippen molar-refractivity contribution in [1.29, 1.82) is 0 Å². The van der Waals surface area contributed by atoms with Gasteiger partial charge in [0.1, 0.15) is 12.4 Å². The number of anilines is 1. The summed E-state index contributed by atoms with van der Waals surface area (Å²) in [5.74, 6) is -0.485. The first-order valence-corrected chi connectivity index (χ1v) is 5.09. The minimum Gasteiger partial charge on any atom is -0.395 e. The van der Waals surface area contributed by atoms with Crippen molar-refractivity contribution in [2.24, 2.45) is 0 Å². The minimum absolute atomic E-state index is 0.464. The lowest BCUT2D eigenvalue weighted by atomic mass is 10.2. The molecular weight excluding hydrogens is 278 g/mol. The van der Waals surface area contributed by atoms with Gasteiger partial charge in [0.25, 0.3) is 0 Å². The van der Waals surface area contributed by atoms with Crippen LogP contribution in [-0.4, -0.2) is 36.0 Å². The number of rotatable bonds is 4. The largest absolute Gasteiger partial charge is 0.416 e. The van der Waals surface area contributed by atoms with E-state index in [-0.39, 0.29) is 0 Å². The van der Waals surface area contributed by atoms with E-state index in [1.165, 1.54) is 0 Å². The van der Waals surface area contributed by atoms with Crippen LogP contribution >= 0.6 is 0 Å². The van der Waals surface area contributed by atoms with Gasteiger partial charge in [0.15, 0.2) is 0 Å². The molecule has 0 saturated carbocycles. The highest BCUT2D eigenvalue weighted by Crippen LogP contribution is 2.31. The summed E-state index contributed by atoms with van der Waals surface area (Å²) >= 11 is 0. The Kier molecular flexibility index (Phi) is 4.61. The Morgan fingerprint density at radius 3 is 2.26 bits per heavy atom.